The van der Waals surface area contributed by atoms with E-state index in [9.17, 15) is 18.4 Å². The van der Waals surface area contributed by atoms with E-state index >= 15 is 0 Å². The fourth-order valence-corrected chi connectivity index (χ4v) is 2.65. The number of ether oxygens (including phenoxy) is 1. The first-order chi connectivity index (χ1) is 11.2. The van der Waals surface area contributed by atoms with E-state index in [-0.39, 0.29) is 5.78 Å². The highest BCUT2D eigenvalue weighted by Gasteiger charge is 2.19. The second-order valence-electron chi connectivity index (χ2n) is 5.76. The van der Waals surface area contributed by atoms with Gasteiger partial charge in [-0.05, 0) is 62.1 Å². The zero-order chi connectivity index (χ0) is 18.0. The van der Waals surface area contributed by atoms with Crippen molar-refractivity contribution in [2.75, 3.05) is 6.61 Å². The number of halogens is 2. The van der Waals surface area contributed by atoms with E-state index in [0.717, 1.165) is 34.4 Å². The minimum atomic E-state index is -1.02. The Morgan fingerprint density at radius 1 is 0.958 bits per heavy atom. The predicted octanol–water partition coefficient (Wildman–Crippen LogP) is 4.24. The number of hydrogen-bond donors (Lipinski definition) is 0. The number of aryl methyl sites for hydroxylation is 2. The smallest absolute Gasteiger partial charge is 0.341 e. The summed E-state index contributed by atoms with van der Waals surface area (Å²) in [6.45, 7) is 7.03. The van der Waals surface area contributed by atoms with Gasteiger partial charge >= 0.3 is 5.97 Å². The van der Waals surface area contributed by atoms with Crippen molar-refractivity contribution in [2.45, 2.75) is 27.7 Å². The molecule has 0 radical (unpaired) electrons. The van der Waals surface area contributed by atoms with Gasteiger partial charge in [0.2, 0.25) is 5.78 Å². The van der Waals surface area contributed by atoms with Crippen LogP contribution < -0.4 is 0 Å². The molecule has 2 aromatic carbocycles. The maximum atomic E-state index is 13.5. The summed E-state index contributed by atoms with van der Waals surface area (Å²) in [4.78, 5) is 24.3. The van der Waals surface area contributed by atoms with E-state index in [4.69, 9.17) is 4.74 Å². The Bertz CT molecular complexity index is 826. The van der Waals surface area contributed by atoms with Crippen LogP contribution in [0, 0.1) is 39.3 Å². The van der Waals surface area contributed by atoms with Crippen molar-refractivity contribution < 1.29 is 23.1 Å². The molecule has 0 spiro atoms. The summed E-state index contributed by atoms with van der Waals surface area (Å²) in [5.41, 5.74) is 3.81. The van der Waals surface area contributed by atoms with Crippen LogP contribution in [-0.2, 0) is 4.74 Å². The largest absolute Gasteiger partial charge is 0.454 e. The van der Waals surface area contributed by atoms with Crippen LogP contribution in [-0.4, -0.2) is 18.4 Å². The summed E-state index contributed by atoms with van der Waals surface area (Å²) in [6, 6.07) is 4.44. The highest BCUT2D eigenvalue weighted by atomic mass is 19.1. The van der Waals surface area contributed by atoms with E-state index in [0.29, 0.717) is 11.6 Å². The molecular formula is C19H18F2O3. The molecule has 0 unspecified atom stereocenters. The Hall–Kier alpha value is -2.56. The summed E-state index contributed by atoms with van der Waals surface area (Å²) in [6.07, 6.45) is 0. The molecule has 0 bridgehead atoms. The minimum absolute atomic E-state index is 0.357. The van der Waals surface area contributed by atoms with Crippen molar-refractivity contribution in [3.63, 3.8) is 0 Å². The fourth-order valence-electron chi connectivity index (χ4n) is 2.65. The van der Waals surface area contributed by atoms with Crippen LogP contribution in [0.5, 0.6) is 0 Å². The first kappa shape index (κ1) is 17.8. The monoisotopic (exact) mass is 332 g/mol. The summed E-state index contributed by atoms with van der Waals surface area (Å²) in [7, 11) is 0. The number of benzene rings is 2. The van der Waals surface area contributed by atoms with Gasteiger partial charge in [-0.2, -0.15) is 0 Å². The molecule has 0 atom stereocenters. The quantitative estimate of drug-likeness (QED) is 0.621. The third-order valence-electron chi connectivity index (χ3n) is 4.12. The van der Waals surface area contributed by atoms with E-state index in [2.05, 4.69) is 0 Å². The Morgan fingerprint density at radius 3 is 2.25 bits per heavy atom. The lowest BCUT2D eigenvalue weighted by molar-refractivity contribution is 0.0469. The number of Topliss-reactive ketones (excluding diaryl/α,β-unsaturated/α-hetero) is 1. The minimum Gasteiger partial charge on any atom is -0.454 e. The van der Waals surface area contributed by atoms with E-state index < -0.39 is 29.8 Å². The first-order valence-electron chi connectivity index (χ1n) is 7.45. The highest BCUT2D eigenvalue weighted by molar-refractivity contribution is 6.01. The third-order valence-corrected chi connectivity index (χ3v) is 4.12. The number of carbonyl (C=O) groups excluding carboxylic acids is 2. The van der Waals surface area contributed by atoms with Crippen LogP contribution in [0.25, 0.3) is 0 Å². The Morgan fingerprint density at radius 2 is 1.62 bits per heavy atom. The molecule has 2 rings (SSSR count). The number of rotatable bonds is 4. The molecule has 0 heterocycles. The molecule has 0 aliphatic rings. The van der Waals surface area contributed by atoms with Gasteiger partial charge in [0.15, 0.2) is 6.61 Å². The van der Waals surface area contributed by atoms with Crippen molar-refractivity contribution in [1.82, 2.24) is 0 Å². The SMILES string of the molecule is Cc1cc(C)c(C(=O)COC(=O)c2ccc(F)cc2F)c(C)c1C. The van der Waals surface area contributed by atoms with Gasteiger partial charge in [0.05, 0.1) is 5.56 Å². The molecule has 0 aromatic heterocycles. The van der Waals surface area contributed by atoms with Gasteiger partial charge in [0.25, 0.3) is 0 Å². The van der Waals surface area contributed by atoms with Crippen LogP contribution in [0.15, 0.2) is 24.3 Å². The topological polar surface area (TPSA) is 43.4 Å². The molecule has 3 nitrogen and oxygen atoms in total. The number of esters is 1. The zero-order valence-corrected chi connectivity index (χ0v) is 14.0. The lowest BCUT2D eigenvalue weighted by Crippen LogP contribution is -2.17. The van der Waals surface area contributed by atoms with E-state index in [1.54, 1.807) is 0 Å². The molecule has 126 valence electrons. The summed E-state index contributed by atoms with van der Waals surface area (Å²) < 4.78 is 31.3. The van der Waals surface area contributed by atoms with Crippen molar-refractivity contribution in [3.8, 4) is 0 Å². The van der Waals surface area contributed by atoms with Gasteiger partial charge in [0, 0.05) is 11.6 Å². The van der Waals surface area contributed by atoms with Crippen molar-refractivity contribution in [2.24, 2.45) is 0 Å². The van der Waals surface area contributed by atoms with Crippen molar-refractivity contribution >= 4 is 11.8 Å². The number of hydrogen-bond acceptors (Lipinski definition) is 3. The standard InChI is InChI=1S/C19H18F2O3/c1-10-7-11(2)18(13(4)12(10)3)17(22)9-24-19(23)15-6-5-14(20)8-16(15)21/h5-8H,9H2,1-4H3. The average Bonchev–Trinajstić information content (AvgIpc) is 2.50. The summed E-state index contributed by atoms with van der Waals surface area (Å²) in [5.74, 6) is -3.17. The maximum absolute atomic E-state index is 13.5. The molecule has 0 saturated heterocycles. The van der Waals surface area contributed by atoms with E-state index in [1.807, 2.05) is 33.8 Å². The first-order valence-corrected chi connectivity index (χ1v) is 7.45. The molecule has 0 aliphatic carbocycles. The lowest BCUT2D eigenvalue weighted by atomic mass is 9.92. The lowest BCUT2D eigenvalue weighted by Gasteiger charge is -2.14. The molecule has 0 N–H and O–H groups in total. The van der Waals surface area contributed by atoms with E-state index in [1.165, 1.54) is 0 Å². The highest BCUT2D eigenvalue weighted by Crippen LogP contribution is 2.22. The van der Waals surface area contributed by atoms with Gasteiger partial charge in [-0.1, -0.05) is 6.07 Å². The van der Waals surface area contributed by atoms with Crippen LogP contribution in [0.1, 0.15) is 43.0 Å². The number of carbonyl (C=O) groups is 2. The maximum Gasteiger partial charge on any atom is 0.341 e. The normalized spacial score (nSPS) is 10.6. The number of ketones is 1. The molecule has 0 amide bonds. The second kappa shape index (κ2) is 6.91. The molecule has 5 heteroatoms. The predicted molar refractivity (Wildman–Crippen MR) is 86.4 cm³/mol. The van der Waals surface area contributed by atoms with Crippen LogP contribution >= 0.6 is 0 Å². The third kappa shape index (κ3) is 3.50. The van der Waals surface area contributed by atoms with Crippen molar-refractivity contribution in [1.29, 1.82) is 0 Å². The van der Waals surface area contributed by atoms with Gasteiger partial charge in [-0.3, -0.25) is 4.79 Å². The Labute approximate surface area is 139 Å². The summed E-state index contributed by atoms with van der Waals surface area (Å²) in [5, 5.41) is 0. The van der Waals surface area contributed by atoms with Crippen LogP contribution in [0.3, 0.4) is 0 Å². The molecular weight excluding hydrogens is 314 g/mol. The second-order valence-corrected chi connectivity index (χ2v) is 5.76. The van der Waals surface area contributed by atoms with Gasteiger partial charge in [0.1, 0.15) is 11.6 Å². The molecule has 0 fully saturated rings. The van der Waals surface area contributed by atoms with Gasteiger partial charge in [-0.25, -0.2) is 13.6 Å². The van der Waals surface area contributed by atoms with Crippen molar-refractivity contribution in [3.05, 3.63) is 69.3 Å². The Kier molecular flexibility index (Phi) is 5.12. The van der Waals surface area contributed by atoms with Crippen LogP contribution in [0.2, 0.25) is 0 Å². The zero-order valence-electron chi connectivity index (χ0n) is 14.0. The molecule has 0 saturated carbocycles. The van der Waals surface area contributed by atoms with Crippen LogP contribution in [0.4, 0.5) is 8.78 Å². The Balaban J connectivity index is 2.17. The fraction of sp³-hybridized carbons (Fsp3) is 0.263. The summed E-state index contributed by atoms with van der Waals surface area (Å²) >= 11 is 0. The molecule has 0 aliphatic heterocycles. The van der Waals surface area contributed by atoms with Gasteiger partial charge in [-0.15, -0.1) is 0 Å². The van der Waals surface area contributed by atoms with Gasteiger partial charge < -0.3 is 4.74 Å². The average molecular weight is 332 g/mol. The molecule has 24 heavy (non-hydrogen) atoms. The molecule has 2 aromatic rings.